The van der Waals surface area contributed by atoms with E-state index in [1.165, 1.54) is 44.9 Å². The van der Waals surface area contributed by atoms with Gasteiger partial charge < -0.3 is 4.74 Å². The van der Waals surface area contributed by atoms with Crippen molar-refractivity contribution in [1.82, 2.24) is 0 Å². The zero-order valence-corrected chi connectivity index (χ0v) is 9.94. The molecule has 1 nitrogen and oxygen atoms in total. The lowest BCUT2D eigenvalue weighted by Gasteiger charge is -2.55. The van der Waals surface area contributed by atoms with Gasteiger partial charge in [0.1, 0.15) is 0 Å². The first-order valence-electron chi connectivity index (χ1n) is 6.28. The van der Waals surface area contributed by atoms with Gasteiger partial charge in [-0.3, -0.25) is 0 Å². The number of ether oxygens (including phenoxy) is 1. The van der Waals surface area contributed by atoms with Gasteiger partial charge >= 0.3 is 0 Å². The Morgan fingerprint density at radius 2 is 1.86 bits per heavy atom. The molecule has 1 heteroatoms. The van der Waals surface area contributed by atoms with Gasteiger partial charge in [0.15, 0.2) is 0 Å². The maximum Gasteiger partial charge on any atom is 0.0690 e. The molecule has 2 saturated heterocycles. The SMILES string of the molecule is CCCCC1(C)OC2(C)CCC1CC2. The van der Waals surface area contributed by atoms with Crippen molar-refractivity contribution in [3.8, 4) is 0 Å². The van der Waals surface area contributed by atoms with Crippen molar-refractivity contribution in [1.29, 1.82) is 0 Å². The minimum atomic E-state index is 0.210. The minimum Gasteiger partial charge on any atom is -0.369 e. The molecule has 2 heterocycles. The van der Waals surface area contributed by atoms with Crippen LogP contribution in [0.15, 0.2) is 0 Å². The second-order valence-corrected chi connectivity index (χ2v) is 5.74. The summed E-state index contributed by atoms with van der Waals surface area (Å²) in [6.07, 6.45) is 9.27. The van der Waals surface area contributed by atoms with Crippen molar-refractivity contribution in [3.63, 3.8) is 0 Å². The van der Waals surface area contributed by atoms with Crippen LogP contribution in [0.4, 0.5) is 0 Å². The van der Waals surface area contributed by atoms with E-state index in [0.717, 1.165) is 5.92 Å². The van der Waals surface area contributed by atoms with Crippen LogP contribution in [0.5, 0.6) is 0 Å². The topological polar surface area (TPSA) is 9.23 Å². The van der Waals surface area contributed by atoms with E-state index in [1.807, 2.05) is 0 Å². The predicted molar refractivity (Wildman–Crippen MR) is 59.4 cm³/mol. The fourth-order valence-corrected chi connectivity index (χ4v) is 3.37. The average Bonchev–Trinajstić information content (AvgIpc) is 2.15. The maximum atomic E-state index is 6.36. The van der Waals surface area contributed by atoms with Crippen molar-refractivity contribution in [3.05, 3.63) is 0 Å². The molecule has 0 spiro atoms. The molecule has 1 unspecified atom stereocenters. The van der Waals surface area contributed by atoms with Crippen LogP contribution in [0.1, 0.15) is 65.7 Å². The molecule has 0 aromatic rings. The third kappa shape index (κ3) is 1.71. The Bertz CT molecular complexity index is 203. The van der Waals surface area contributed by atoms with E-state index in [2.05, 4.69) is 20.8 Å². The Hall–Kier alpha value is -0.0400. The highest BCUT2D eigenvalue weighted by atomic mass is 16.5. The molecule has 3 aliphatic rings. The Kier molecular flexibility index (Phi) is 2.63. The lowest BCUT2D eigenvalue weighted by atomic mass is 9.67. The van der Waals surface area contributed by atoms with Crippen molar-refractivity contribution >= 4 is 0 Å². The largest absolute Gasteiger partial charge is 0.369 e. The Labute approximate surface area is 88.2 Å². The fraction of sp³-hybridized carbons (Fsp3) is 1.00. The molecule has 14 heavy (non-hydrogen) atoms. The molecule has 0 aromatic carbocycles. The van der Waals surface area contributed by atoms with Gasteiger partial charge in [0.05, 0.1) is 11.2 Å². The lowest BCUT2D eigenvalue weighted by Crippen LogP contribution is -2.55. The number of hydrogen-bond acceptors (Lipinski definition) is 1. The molecule has 1 saturated carbocycles. The summed E-state index contributed by atoms with van der Waals surface area (Å²) in [7, 11) is 0. The van der Waals surface area contributed by atoms with Crippen LogP contribution in [-0.2, 0) is 4.74 Å². The van der Waals surface area contributed by atoms with E-state index >= 15 is 0 Å². The molecule has 2 bridgehead atoms. The molecule has 3 rings (SSSR count). The molecule has 0 radical (unpaired) electrons. The molecule has 2 aliphatic heterocycles. The first-order valence-corrected chi connectivity index (χ1v) is 6.28. The summed E-state index contributed by atoms with van der Waals surface area (Å²) in [4.78, 5) is 0. The van der Waals surface area contributed by atoms with E-state index < -0.39 is 0 Å². The highest BCUT2D eigenvalue weighted by Gasteiger charge is 2.50. The predicted octanol–water partition coefficient (Wildman–Crippen LogP) is 3.91. The van der Waals surface area contributed by atoms with Gasteiger partial charge in [0.25, 0.3) is 0 Å². The van der Waals surface area contributed by atoms with Crippen molar-refractivity contribution in [2.75, 3.05) is 0 Å². The summed E-state index contributed by atoms with van der Waals surface area (Å²) < 4.78 is 6.36. The monoisotopic (exact) mass is 196 g/mol. The fourth-order valence-electron chi connectivity index (χ4n) is 3.37. The number of fused-ring (bicyclic) bond motifs is 3. The minimum absolute atomic E-state index is 0.210. The van der Waals surface area contributed by atoms with Gasteiger partial charge in [-0.1, -0.05) is 19.8 Å². The van der Waals surface area contributed by atoms with Crippen molar-refractivity contribution in [2.24, 2.45) is 5.92 Å². The van der Waals surface area contributed by atoms with Gasteiger partial charge in [0.2, 0.25) is 0 Å². The molecule has 82 valence electrons. The molecule has 1 atom stereocenters. The lowest BCUT2D eigenvalue weighted by molar-refractivity contribution is -0.240. The van der Waals surface area contributed by atoms with Crippen LogP contribution in [0, 0.1) is 5.92 Å². The van der Waals surface area contributed by atoms with Crippen LogP contribution in [0.25, 0.3) is 0 Å². The first-order chi connectivity index (χ1) is 6.58. The molecule has 0 aromatic heterocycles. The van der Waals surface area contributed by atoms with Gasteiger partial charge in [-0.15, -0.1) is 0 Å². The van der Waals surface area contributed by atoms with Crippen molar-refractivity contribution < 1.29 is 4.74 Å². The molecular weight excluding hydrogens is 172 g/mol. The third-order valence-corrected chi connectivity index (χ3v) is 4.41. The van der Waals surface area contributed by atoms with E-state index in [4.69, 9.17) is 4.74 Å². The second kappa shape index (κ2) is 3.52. The molecule has 3 fully saturated rings. The standard InChI is InChI=1S/C13H24O/c1-4-5-8-13(3)11-6-9-12(2,14-13)10-7-11/h11H,4-10H2,1-3H3. The summed E-state index contributed by atoms with van der Waals surface area (Å²) in [5.74, 6) is 0.843. The Morgan fingerprint density at radius 1 is 1.21 bits per heavy atom. The normalized spacial score (nSPS) is 46.9. The zero-order valence-electron chi connectivity index (χ0n) is 9.94. The number of rotatable bonds is 3. The highest BCUT2D eigenvalue weighted by molar-refractivity contribution is 4.99. The van der Waals surface area contributed by atoms with Gasteiger partial charge in [-0.2, -0.15) is 0 Å². The quantitative estimate of drug-likeness (QED) is 0.665. The second-order valence-electron chi connectivity index (χ2n) is 5.74. The molecule has 1 aliphatic carbocycles. The maximum absolute atomic E-state index is 6.36. The number of hydrogen-bond donors (Lipinski definition) is 0. The number of unbranched alkanes of at least 4 members (excludes halogenated alkanes) is 1. The van der Waals surface area contributed by atoms with Crippen LogP contribution < -0.4 is 0 Å². The summed E-state index contributed by atoms with van der Waals surface area (Å²) in [6.45, 7) is 6.93. The van der Waals surface area contributed by atoms with Gasteiger partial charge in [-0.05, 0) is 51.9 Å². The molecule has 0 N–H and O–H groups in total. The van der Waals surface area contributed by atoms with E-state index in [1.54, 1.807) is 0 Å². The van der Waals surface area contributed by atoms with Gasteiger partial charge in [0, 0.05) is 0 Å². The summed E-state index contributed by atoms with van der Waals surface area (Å²) in [5.41, 5.74) is 0.429. The first kappa shape index (κ1) is 10.5. The van der Waals surface area contributed by atoms with Crippen LogP contribution in [0.3, 0.4) is 0 Å². The Balaban J connectivity index is 2.05. The average molecular weight is 196 g/mol. The molecule has 0 amide bonds. The van der Waals surface area contributed by atoms with Crippen LogP contribution in [-0.4, -0.2) is 11.2 Å². The van der Waals surface area contributed by atoms with E-state index in [-0.39, 0.29) is 11.2 Å². The van der Waals surface area contributed by atoms with E-state index in [0.29, 0.717) is 0 Å². The van der Waals surface area contributed by atoms with E-state index in [9.17, 15) is 0 Å². The zero-order chi connectivity index (χ0) is 10.2. The highest BCUT2D eigenvalue weighted by Crippen LogP contribution is 2.51. The van der Waals surface area contributed by atoms with Crippen LogP contribution >= 0.6 is 0 Å². The molecular formula is C13H24O. The summed E-state index contributed by atoms with van der Waals surface area (Å²) >= 11 is 0. The van der Waals surface area contributed by atoms with Crippen LogP contribution in [0.2, 0.25) is 0 Å². The smallest absolute Gasteiger partial charge is 0.0690 e. The van der Waals surface area contributed by atoms with Crippen molar-refractivity contribution in [2.45, 2.75) is 76.9 Å². The summed E-state index contributed by atoms with van der Waals surface area (Å²) in [5, 5.41) is 0. The summed E-state index contributed by atoms with van der Waals surface area (Å²) in [6, 6.07) is 0. The third-order valence-electron chi connectivity index (χ3n) is 4.41. The van der Waals surface area contributed by atoms with Gasteiger partial charge in [-0.25, -0.2) is 0 Å². The Morgan fingerprint density at radius 3 is 2.36 bits per heavy atom.